The van der Waals surface area contributed by atoms with Crippen LogP contribution in [0.5, 0.6) is 0 Å². The van der Waals surface area contributed by atoms with E-state index >= 15 is 0 Å². The van der Waals surface area contributed by atoms with Crippen molar-refractivity contribution in [3.05, 3.63) is 0 Å². The van der Waals surface area contributed by atoms with Crippen molar-refractivity contribution < 1.29 is 4.74 Å². The normalized spacial score (nSPS) is 17.5. The van der Waals surface area contributed by atoms with Crippen LogP contribution in [-0.4, -0.2) is 50.8 Å². The highest BCUT2D eigenvalue weighted by atomic mass is 16.5. The smallest absolute Gasteiger partial charge is 0.0594 e. The van der Waals surface area contributed by atoms with E-state index in [4.69, 9.17) is 4.74 Å². The lowest BCUT2D eigenvalue weighted by Gasteiger charge is -2.26. The molecule has 0 radical (unpaired) electrons. The molecule has 1 heterocycles. The van der Waals surface area contributed by atoms with E-state index in [0.29, 0.717) is 0 Å². The van der Waals surface area contributed by atoms with Crippen molar-refractivity contribution >= 4 is 0 Å². The highest BCUT2D eigenvalue weighted by Crippen LogP contribution is 2.08. The quantitative estimate of drug-likeness (QED) is 0.608. The molecule has 0 aromatic heterocycles. The van der Waals surface area contributed by atoms with E-state index in [1.807, 2.05) is 0 Å². The van der Waals surface area contributed by atoms with Gasteiger partial charge in [0.15, 0.2) is 0 Å². The van der Waals surface area contributed by atoms with Crippen LogP contribution in [0, 0.1) is 5.92 Å². The lowest BCUT2D eigenvalue weighted by Crippen LogP contribution is -2.40. The van der Waals surface area contributed by atoms with E-state index in [0.717, 1.165) is 38.8 Å². The highest BCUT2D eigenvalue weighted by Gasteiger charge is 2.08. The molecule has 1 N–H and O–H groups in total. The molecule has 1 rings (SSSR count). The third-order valence-electron chi connectivity index (χ3n) is 3.59. The first kappa shape index (κ1) is 15.9. The number of hydrogen-bond donors (Lipinski definition) is 1. The highest BCUT2D eigenvalue weighted by molar-refractivity contribution is 4.63. The fraction of sp³-hybridized carbons (Fsp3) is 1.00. The molecule has 108 valence electrons. The molecule has 0 spiro atoms. The molecule has 0 aromatic rings. The predicted molar refractivity (Wildman–Crippen MR) is 78.1 cm³/mol. The van der Waals surface area contributed by atoms with Crippen LogP contribution in [0.15, 0.2) is 0 Å². The van der Waals surface area contributed by atoms with Crippen molar-refractivity contribution in [3.8, 4) is 0 Å². The van der Waals surface area contributed by atoms with Gasteiger partial charge in [-0.05, 0) is 18.9 Å². The zero-order chi connectivity index (χ0) is 13.1. The van der Waals surface area contributed by atoms with E-state index < -0.39 is 0 Å². The van der Waals surface area contributed by atoms with E-state index in [-0.39, 0.29) is 0 Å². The minimum Gasteiger partial charge on any atom is -0.379 e. The van der Waals surface area contributed by atoms with Crippen LogP contribution in [0.2, 0.25) is 0 Å². The van der Waals surface area contributed by atoms with Crippen molar-refractivity contribution in [1.82, 2.24) is 10.2 Å². The Labute approximate surface area is 113 Å². The van der Waals surface area contributed by atoms with Gasteiger partial charge in [0, 0.05) is 26.2 Å². The molecule has 1 fully saturated rings. The van der Waals surface area contributed by atoms with Gasteiger partial charge in [0.25, 0.3) is 0 Å². The van der Waals surface area contributed by atoms with Gasteiger partial charge in [-0.2, -0.15) is 0 Å². The summed E-state index contributed by atoms with van der Waals surface area (Å²) in [6, 6.07) is 0. The van der Waals surface area contributed by atoms with Crippen molar-refractivity contribution in [3.63, 3.8) is 0 Å². The summed E-state index contributed by atoms with van der Waals surface area (Å²) in [6.45, 7) is 12.2. The van der Waals surface area contributed by atoms with Gasteiger partial charge in [0.2, 0.25) is 0 Å². The van der Waals surface area contributed by atoms with Crippen LogP contribution in [-0.2, 0) is 4.74 Å². The molecule has 3 nitrogen and oxygen atoms in total. The second-order valence-corrected chi connectivity index (χ2v) is 5.80. The molecule has 1 saturated heterocycles. The third-order valence-corrected chi connectivity index (χ3v) is 3.59. The van der Waals surface area contributed by atoms with Gasteiger partial charge in [0.1, 0.15) is 0 Å². The molecule has 18 heavy (non-hydrogen) atoms. The number of morpholine rings is 1. The van der Waals surface area contributed by atoms with Crippen LogP contribution >= 0.6 is 0 Å². The van der Waals surface area contributed by atoms with E-state index in [2.05, 4.69) is 24.1 Å². The topological polar surface area (TPSA) is 24.5 Å². The first-order chi connectivity index (χ1) is 8.79. The average molecular weight is 256 g/mol. The standard InChI is InChI=1S/C15H32N2O/c1-15(2)7-5-3-4-6-8-16-9-10-17-11-13-18-14-12-17/h15-16H,3-14H2,1-2H3. The SMILES string of the molecule is CC(C)CCCCCCNCCN1CCOCC1. The summed E-state index contributed by atoms with van der Waals surface area (Å²) < 4.78 is 5.34. The fourth-order valence-electron chi connectivity index (χ4n) is 2.34. The molecule has 0 aromatic carbocycles. The van der Waals surface area contributed by atoms with Gasteiger partial charge in [-0.3, -0.25) is 4.90 Å². The Morgan fingerprint density at radius 1 is 1.00 bits per heavy atom. The second kappa shape index (κ2) is 10.8. The van der Waals surface area contributed by atoms with Crippen molar-refractivity contribution in [2.45, 2.75) is 46.0 Å². The zero-order valence-electron chi connectivity index (χ0n) is 12.4. The minimum atomic E-state index is 0.872. The Morgan fingerprint density at radius 3 is 2.44 bits per heavy atom. The molecule has 0 unspecified atom stereocenters. The first-order valence-corrected chi connectivity index (χ1v) is 7.80. The van der Waals surface area contributed by atoms with Gasteiger partial charge in [-0.15, -0.1) is 0 Å². The van der Waals surface area contributed by atoms with Crippen molar-refractivity contribution in [1.29, 1.82) is 0 Å². The van der Waals surface area contributed by atoms with Crippen LogP contribution < -0.4 is 5.32 Å². The molecule has 1 aliphatic heterocycles. The lowest BCUT2D eigenvalue weighted by molar-refractivity contribution is 0.0384. The number of ether oxygens (including phenoxy) is 1. The average Bonchev–Trinajstić information content (AvgIpc) is 2.37. The molecule has 0 amide bonds. The minimum absolute atomic E-state index is 0.872. The Kier molecular flexibility index (Phi) is 9.54. The Morgan fingerprint density at radius 2 is 1.72 bits per heavy atom. The summed E-state index contributed by atoms with van der Waals surface area (Å²) in [6.07, 6.45) is 6.93. The fourth-order valence-corrected chi connectivity index (χ4v) is 2.34. The molecular formula is C15H32N2O. The van der Waals surface area contributed by atoms with Gasteiger partial charge in [-0.1, -0.05) is 39.5 Å². The Bertz CT molecular complexity index is 179. The number of rotatable bonds is 10. The molecule has 1 aliphatic rings. The molecule has 3 heteroatoms. The van der Waals surface area contributed by atoms with Gasteiger partial charge < -0.3 is 10.1 Å². The molecule has 0 atom stereocenters. The largest absolute Gasteiger partial charge is 0.379 e. The molecular weight excluding hydrogens is 224 g/mol. The summed E-state index contributed by atoms with van der Waals surface area (Å²) >= 11 is 0. The van der Waals surface area contributed by atoms with E-state index in [9.17, 15) is 0 Å². The van der Waals surface area contributed by atoms with E-state index in [1.165, 1.54) is 45.2 Å². The van der Waals surface area contributed by atoms with Gasteiger partial charge in [0.05, 0.1) is 13.2 Å². The zero-order valence-corrected chi connectivity index (χ0v) is 12.4. The maximum Gasteiger partial charge on any atom is 0.0594 e. The summed E-state index contributed by atoms with van der Waals surface area (Å²) in [5.74, 6) is 0.872. The van der Waals surface area contributed by atoms with Gasteiger partial charge in [-0.25, -0.2) is 0 Å². The van der Waals surface area contributed by atoms with E-state index in [1.54, 1.807) is 0 Å². The summed E-state index contributed by atoms with van der Waals surface area (Å²) in [4.78, 5) is 2.49. The number of unbranched alkanes of at least 4 members (excludes halogenated alkanes) is 3. The first-order valence-electron chi connectivity index (χ1n) is 7.80. The maximum atomic E-state index is 5.34. The third kappa shape index (κ3) is 8.90. The van der Waals surface area contributed by atoms with Crippen molar-refractivity contribution in [2.75, 3.05) is 45.9 Å². The summed E-state index contributed by atoms with van der Waals surface area (Å²) in [5.41, 5.74) is 0. The Balaban J connectivity index is 1.75. The van der Waals surface area contributed by atoms with Crippen LogP contribution in [0.1, 0.15) is 46.0 Å². The lowest BCUT2D eigenvalue weighted by atomic mass is 10.0. The number of nitrogens with one attached hydrogen (secondary N) is 1. The van der Waals surface area contributed by atoms with Crippen LogP contribution in [0.25, 0.3) is 0 Å². The number of nitrogens with zero attached hydrogens (tertiary/aromatic N) is 1. The second-order valence-electron chi connectivity index (χ2n) is 5.80. The predicted octanol–water partition coefficient (Wildman–Crippen LogP) is 2.51. The summed E-state index contributed by atoms with van der Waals surface area (Å²) in [5, 5.41) is 3.55. The monoisotopic (exact) mass is 256 g/mol. The molecule has 0 aliphatic carbocycles. The number of hydrogen-bond acceptors (Lipinski definition) is 3. The maximum absolute atomic E-state index is 5.34. The Hall–Kier alpha value is -0.120. The molecule has 0 saturated carbocycles. The molecule has 0 bridgehead atoms. The van der Waals surface area contributed by atoms with Gasteiger partial charge >= 0.3 is 0 Å². The van der Waals surface area contributed by atoms with Crippen molar-refractivity contribution in [2.24, 2.45) is 5.92 Å². The summed E-state index contributed by atoms with van der Waals surface area (Å²) in [7, 11) is 0. The van der Waals surface area contributed by atoms with Crippen LogP contribution in [0.3, 0.4) is 0 Å². The van der Waals surface area contributed by atoms with Crippen LogP contribution in [0.4, 0.5) is 0 Å².